The van der Waals surface area contributed by atoms with E-state index in [0.29, 0.717) is 6.42 Å². The van der Waals surface area contributed by atoms with E-state index < -0.39 is 0 Å². The molecule has 3 nitrogen and oxygen atoms in total. The van der Waals surface area contributed by atoms with Crippen molar-refractivity contribution in [2.75, 3.05) is 0 Å². The summed E-state index contributed by atoms with van der Waals surface area (Å²) in [4.78, 5) is 10.4. The normalized spacial score (nSPS) is 8.12. The summed E-state index contributed by atoms with van der Waals surface area (Å²) in [5.41, 5.74) is 2.22. The Bertz CT molecular complexity index is 90.4. The van der Waals surface area contributed by atoms with Crippen molar-refractivity contribution in [2.24, 2.45) is 5.10 Å². The maximum absolute atomic E-state index is 10.4. The summed E-state index contributed by atoms with van der Waals surface area (Å²) < 4.78 is 0. The van der Waals surface area contributed by atoms with Gasteiger partial charge in [0, 0.05) is 13.1 Å². The highest BCUT2D eigenvalue weighted by Gasteiger charge is 1.92. The molecule has 0 saturated carbocycles. The number of carbonyl (C=O) groups is 1. The molecule has 0 aromatic rings. The smallest absolute Gasteiger partial charge is 0.240 e. The average molecular weight is 114 g/mol. The molecule has 1 amide bonds. The molecule has 0 unspecified atom stereocenters. The summed E-state index contributed by atoms with van der Waals surface area (Å²) >= 11 is 0. The summed E-state index contributed by atoms with van der Waals surface area (Å²) in [5, 5.41) is 3.20. The van der Waals surface area contributed by atoms with Crippen molar-refractivity contribution < 1.29 is 4.79 Å². The minimum absolute atomic E-state index is 0.0671. The predicted molar refractivity (Wildman–Crippen MR) is 32.6 cm³/mol. The maximum Gasteiger partial charge on any atom is 0.240 e. The topological polar surface area (TPSA) is 41.5 Å². The van der Waals surface area contributed by atoms with E-state index in [1.54, 1.807) is 0 Å². The van der Waals surface area contributed by atoms with Crippen LogP contribution >= 0.6 is 0 Å². The SMILES string of the molecule is C=NNC(=O)CCC. The molecule has 3 heteroatoms. The largest absolute Gasteiger partial charge is 0.273 e. The van der Waals surface area contributed by atoms with E-state index >= 15 is 0 Å². The Kier molecular flexibility index (Phi) is 3.84. The van der Waals surface area contributed by atoms with E-state index in [-0.39, 0.29) is 5.91 Å². The Labute approximate surface area is 48.8 Å². The zero-order chi connectivity index (χ0) is 6.41. The van der Waals surface area contributed by atoms with E-state index in [0.717, 1.165) is 6.42 Å². The van der Waals surface area contributed by atoms with Crippen molar-refractivity contribution >= 4 is 12.6 Å². The quantitative estimate of drug-likeness (QED) is 0.421. The molecule has 1 N–H and O–H groups in total. The number of carbonyl (C=O) groups excluding carboxylic acids is 1. The number of hydrazone groups is 1. The van der Waals surface area contributed by atoms with Crippen molar-refractivity contribution in [3.63, 3.8) is 0 Å². The Morgan fingerprint density at radius 1 is 1.88 bits per heavy atom. The van der Waals surface area contributed by atoms with Crippen LogP contribution in [-0.4, -0.2) is 12.6 Å². The molecule has 0 bridgehead atoms. The highest BCUT2D eigenvalue weighted by atomic mass is 16.2. The third-order valence-electron chi connectivity index (χ3n) is 0.681. The Morgan fingerprint density at radius 3 is 2.88 bits per heavy atom. The molecular weight excluding hydrogens is 104 g/mol. The van der Waals surface area contributed by atoms with Crippen molar-refractivity contribution in [3.8, 4) is 0 Å². The lowest BCUT2D eigenvalue weighted by atomic mass is 10.3. The molecule has 0 aliphatic heterocycles. The number of hydrogen-bond donors (Lipinski definition) is 1. The second-order valence-corrected chi connectivity index (χ2v) is 1.44. The highest BCUT2D eigenvalue weighted by molar-refractivity contribution is 5.75. The number of nitrogens with one attached hydrogen (secondary N) is 1. The molecule has 0 fully saturated rings. The molecule has 0 atom stereocenters. The zero-order valence-electron chi connectivity index (χ0n) is 4.98. The molecule has 0 aliphatic rings. The van der Waals surface area contributed by atoms with E-state index in [4.69, 9.17) is 0 Å². The Balaban J connectivity index is 3.18. The summed E-state index contributed by atoms with van der Waals surface area (Å²) in [5.74, 6) is -0.0671. The van der Waals surface area contributed by atoms with Gasteiger partial charge in [-0.2, -0.15) is 5.10 Å². The molecule has 0 spiro atoms. The van der Waals surface area contributed by atoms with E-state index in [1.807, 2.05) is 6.92 Å². The van der Waals surface area contributed by atoms with Crippen LogP contribution in [0.15, 0.2) is 5.10 Å². The standard InChI is InChI=1S/C5H10N2O/c1-3-4-5(8)7-6-2/h2-4H2,1H3,(H,7,8). The molecular formula is C5H10N2O. The number of amides is 1. The zero-order valence-corrected chi connectivity index (χ0v) is 4.98. The van der Waals surface area contributed by atoms with Gasteiger partial charge in [0.2, 0.25) is 5.91 Å². The van der Waals surface area contributed by atoms with Crippen molar-refractivity contribution in [1.82, 2.24) is 5.43 Å². The molecule has 0 saturated heterocycles. The van der Waals surface area contributed by atoms with Crippen LogP contribution < -0.4 is 5.43 Å². The summed E-state index contributed by atoms with van der Waals surface area (Å²) in [7, 11) is 0. The van der Waals surface area contributed by atoms with Gasteiger partial charge in [-0.05, 0) is 6.42 Å². The van der Waals surface area contributed by atoms with Gasteiger partial charge in [0.1, 0.15) is 0 Å². The van der Waals surface area contributed by atoms with Crippen LogP contribution in [0.25, 0.3) is 0 Å². The predicted octanol–water partition coefficient (Wildman–Crippen LogP) is 0.518. The maximum atomic E-state index is 10.4. The molecule has 0 rings (SSSR count). The minimum atomic E-state index is -0.0671. The van der Waals surface area contributed by atoms with Gasteiger partial charge in [0.15, 0.2) is 0 Å². The molecule has 0 heterocycles. The molecule has 46 valence electrons. The Hall–Kier alpha value is -0.860. The van der Waals surface area contributed by atoms with Crippen LogP contribution in [0, 0.1) is 0 Å². The van der Waals surface area contributed by atoms with Crippen LogP contribution in [0.3, 0.4) is 0 Å². The van der Waals surface area contributed by atoms with Gasteiger partial charge >= 0.3 is 0 Å². The Morgan fingerprint density at radius 2 is 2.50 bits per heavy atom. The second-order valence-electron chi connectivity index (χ2n) is 1.44. The van der Waals surface area contributed by atoms with Gasteiger partial charge in [-0.3, -0.25) is 4.79 Å². The van der Waals surface area contributed by atoms with Crippen LogP contribution in [0.5, 0.6) is 0 Å². The van der Waals surface area contributed by atoms with Crippen LogP contribution in [0.2, 0.25) is 0 Å². The molecule has 8 heavy (non-hydrogen) atoms. The third kappa shape index (κ3) is 3.33. The van der Waals surface area contributed by atoms with Gasteiger partial charge in [-0.15, -0.1) is 0 Å². The van der Waals surface area contributed by atoms with Crippen LogP contribution in [0.4, 0.5) is 0 Å². The fraction of sp³-hybridized carbons (Fsp3) is 0.600. The lowest BCUT2D eigenvalue weighted by molar-refractivity contribution is -0.121. The number of rotatable bonds is 3. The van der Waals surface area contributed by atoms with E-state index in [1.165, 1.54) is 0 Å². The first kappa shape index (κ1) is 7.14. The number of hydrogen-bond acceptors (Lipinski definition) is 2. The first-order chi connectivity index (χ1) is 3.81. The van der Waals surface area contributed by atoms with Crippen molar-refractivity contribution in [1.29, 1.82) is 0 Å². The van der Waals surface area contributed by atoms with Crippen molar-refractivity contribution in [3.05, 3.63) is 0 Å². The van der Waals surface area contributed by atoms with Crippen molar-refractivity contribution in [2.45, 2.75) is 19.8 Å². The summed E-state index contributed by atoms with van der Waals surface area (Å²) in [6, 6.07) is 0. The summed E-state index contributed by atoms with van der Waals surface area (Å²) in [6.45, 7) is 5.03. The molecule has 0 aliphatic carbocycles. The highest BCUT2D eigenvalue weighted by Crippen LogP contribution is 1.83. The third-order valence-corrected chi connectivity index (χ3v) is 0.681. The van der Waals surface area contributed by atoms with Gasteiger partial charge < -0.3 is 0 Å². The lowest BCUT2D eigenvalue weighted by Crippen LogP contribution is -2.15. The monoisotopic (exact) mass is 114 g/mol. The number of nitrogens with zero attached hydrogens (tertiary/aromatic N) is 1. The summed E-state index contributed by atoms with van der Waals surface area (Å²) in [6.07, 6.45) is 1.38. The second kappa shape index (κ2) is 4.30. The van der Waals surface area contributed by atoms with E-state index in [9.17, 15) is 4.79 Å². The van der Waals surface area contributed by atoms with Gasteiger partial charge in [0.25, 0.3) is 0 Å². The average Bonchev–Trinajstić information content (AvgIpc) is 1.68. The van der Waals surface area contributed by atoms with E-state index in [2.05, 4.69) is 17.2 Å². The first-order valence-electron chi connectivity index (χ1n) is 2.55. The lowest BCUT2D eigenvalue weighted by Gasteiger charge is -1.92. The molecule has 0 aromatic carbocycles. The minimum Gasteiger partial charge on any atom is -0.273 e. The first-order valence-corrected chi connectivity index (χ1v) is 2.55. The van der Waals surface area contributed by atoms with Crippen LogP contribution in [-0.2, 0) is 4.79 Å². The van der Waals surface area contributed by atoms with Gasteiger partial charge in [0.05, 0.1) is 0 Å². The molecule has 0 aromatic heterocycles. The van der Waals surface area contributed by atoms with Gasteiger partial charge in [-0.1, -0.05) is 6.92 Å². The molecule has 0 radical (unpaired) electrons. The fourth-order valence-electron chi connectivity index (χ4n) is 0.371. The van der Waals surface area contributed by atoms with Gasteiger partial charge in [-0.25, -0.2) is 5.43 Å². The fourth-order valence-corrected chi connectivity index (χ4v) is 0.371. The van der Waals surface area contributed by atoms with Crippen LogP contribution in [0.1, 0.15) is 19.8 Å².